The number of amides is 1. The molecular formula is C30H34F5N7O3. The number of hydrogen-bond acceptors (Lipinski definition) is 8. The molecule has 5 rings (SSSR count). The normalized spacial score (nSPS) is 19.8. The Morgan fingerprint density at radius 2 is 1.76 bits per heavy atom. The molecule has 4 heterocycles. The van der Waals surface area contributed by atoms with Crippen molar-refractivity contribution in [2.45, 2.75) is 39.1 Å². The van der Waals surface area contributed by atoms with Crippen LogP contribution in [0.3, 0.4) is 0 Å². The van der Waals surface area contributed by atoms with E-state index >= 15 is 8.78 Å². The molecule has 0 aliphatic carbocycles. The molecule has 2 N–H and O–H groups in total. The summed E-state index contributed by atoms with van der Waals surface area (Å²) >= 11 is 0. The van der Waals surface area contributed by atoms with E-state index in [4.69, 9.17) is 10.5 Å². The summed E-state index contributed by atoms with van der Waals surface area (Å²) in [5.74, 6) is -3.12. The first kappa shape index (κ1) is 32.3. The molecule has 45 heavy (non-hydrogen) atoms. The zero-order valence-corrected chi connectivity index (χ0v) is 25.2. The Kier molecular flexibility index (Phi) is 8.86. The number of halogens is 5. The molecule has 0 unspecified atom stereocenters. The van der Waals surface area contributed by atoms with Crippen LogP contribution in [-0.2, 0) is 10.9 Å². The number of rotatable bonds is 6. The number of pyridine rings is 1. The molecule has 2 aromatic heterocycles. The first-order valence-corrected chi connectivity index (χ1v) is 14.5. The van der Waals surface area contributed by atoms with E-state index in [2.05, 4.69) is 9.97 Å². The SMILES string of the molecule is CC(C)[C@H]1CN(c2ncc(-c3c(F)cc(N4CCN(C)[C@@H](C)C4)c(-n4cc(C(N)=O)c(C(F)(F)F)cc4=O)c3F)cn2)CCO1. The van der Waals surface area contributed by atoms with Crippen LogP contribution < -0.4 is 21.1 Å². The Morgan fingerprint density at radius 3 is 2.36 bits per heavy atom. The molecule has 0 saturated carbocycles. The Balaban J connectivity index is 1.66. The average molecular weight is 636 g/mol. The molecular weight excluding hydrogens is 601 g/mol. The van der Waals surface area contributed by atoms with Crippen molar-refractivity contribution >= 4 is 17.5 Å². The van der Waals surface area contributed by atoms with E-state index in [0.29, 0.717) is 56.0 Å². The highest BCUT2D eigenvalue weighted by molar-refractivity contribution is 5.94. The maximum atomic E-state index is 16.7. The van der Waals surface area contributed by atoms with Crippen molar-refractivity contribution in [1.82, 2.24) is 19.4 Å². The van der Waals surface area contributed by atoms with E-state index in [0.717, 1.165) is 6.07 Å². The Morgan fingerprint density at radius 1 is 1.07 bits per heavy atom. The predicted molar refractivity (Wildman–Crippen MR) is 158 cm³/mol. The van der Waals surface area contributed by atoms with Crippen LogP contribution >= 0.6 is 0 Å². The van der Waals surface area contributed by atoms with Crippen molar-refractivity contribution in [1.29, 1.82) is 0 Å². The third-order valence-electron chi connectivity index (χ3n) is 8.38. The van der Waals surface area contributed by atoms with Gasteiger partial charge in [-0.25, -0.2) is 18.7 Å². The number of nitrogens with zero attached hydrogens (tertiary/aromatic N) is 6. The second-order valence-corrected chi connectivity index (χ2v) is 11.7. The van der Waals surface area contributed by atoms with Crippen LogP contribution in [0.1, 0.15) is 36.7 Å². The molecule has 2 atom stereocenters. The molecule has 3 aromatic rings. The topological polar surface area (TPSA) is 110 Å². The van der Waals surface area contributed by atoms with Crippen molar-refractivity contribution in [3.8, 4) is 16.8 Å². The van der Waals surface area contributed by atoms with Crippen LogP contribution in [0.2, 0.25) is 0 Å². The van der Waals surface area contributed by atoms with Gasteiger partial charge < -0.3 is 25.2 Å². The minimum atomic E-state index is -5.08. The number of likely N-dealkylation sites (N-methyl/N-ethyl adjacent to an activating group) is 1. The number of anilines is 2. The van der Waals surface area contributed by atoms with Crippen LogP contribution in [0.4, 0.5) is 33.6 Å². The van der Waals surface area contributed by atoms with Crippen LogP contribution in [0.5, 0.6) is 0 Å². The highest BCUT2D eigenvalue weighted by atomic mass is 19.4. The highest BCUT2D eigenvalue weighted by Crippen LogP contribution is 2.38. The number of piperazine rings is 1. The predicted octanol–water partition coefficient (Wildman–Crippen LogP) is 3.69. The second-order valence-electron chi connectivity index (χ2n) is 11.7. The molecule has 1 aromatic carbocycles. The molecule has 10 nitrogen and oxygen atoms in total. The van der Waals surface area contributed by atoms with Crippen molar-refractivity contribution in [3.05, 3.63) is 63.8 Å². The summed E-state index contributed by atoms with van der Waals surface area (Å²) in [6.45, 7) is 8.58. The van der Waals surface area contributed by atoms with E-state index in [1.807, 2.05) is 37.6 Å². The lowest BCUT2D eigenvalue weighted by atomic mass is 10.0. The lowest BCUT2D eigenvalue weighted by Gasteiger charge is -2.40. The first-order chi connectivity index (χ1) is 21.2. The molecule has 2 aliphatic rings. The Hall–Kier alpha value is -4.11. The van der Waals surface area contributed by atoms with Gasteiger partial charge in [-0.1, -0.05) is 13.8 Å². The standard InChI is InChI=1S/C30H34F5N7O3/c1-16(2)23-15-41(7-8-45-23)29-37-11-18(12-38-29)25-21(31)10-22(40-6-5-39(4)17(3)13-40)27(26(25)32)42-14-19(28(36)44)20(9-24(42)43)30(33,34)35/h9-12,14,16-17,23H,5-8,13,15H2,1-4H3,(H2,36,44)/t17-,23+/m0/s1. The van der Waals surface area contributed by atoms with Crippen LogP contribution in [0.15, 0.2) is 35.5 Å². The quantitative estimate of drug-likeness (QED) is 0.409. The minimum absolute atomic E-state index is 0.0448. The van der Waals surface area contributed by atoms with Crippen LogP contribution in [-0.4, -0.2) is 83.9 Å². The maximum absolute atomic E-state index is 16.7. The molecule has 0 radical (unpaired) electrons. The number of alkyl halides is 3. The number of primary amides is 1. The van der Waals surface area contributed by atoms with Gasteiger partial charge >= 0.3 is 6.18 Å². The molecule has 0 bridgehead atoms. The fourth-order valence-electron chi connectivity index (χ4n) is 5.61. The monoisotopic (exact) mass is 635 g/mol. The van der Waals surface area contributed by atoms with Gasteiger partial charge in [0.05, 0.1) is 35.1 Å². The smallest absolute Gasteiger partial charge is 0.374 e. The van der Waals surface area contributed by atoms with Gasteiger partial charge in [-0.3, -0.25) is 14.2 Å². The summed E-state index contributed by atoms with van der Waals surface area (Å²) in [5, 5.41) is 0. The molecule has 0 spiro atoms. The van der Waals surface area contributed by atoms with Crippen molar-refractivity contribution in [2.24, 2.45) is 11.7 Å². The number of morpholine rings is 1. The number of carbonyl (C=O) groups excluding carboxylic acids is 1. The molecule has 2 aliphatic heterocycles. The van der Waals surface area contributed by atoms with Gasteiger partial charge in [-0.15, -0.1) is 0 Å². The number of aromatic nitrogens is 3. The summed E-state index contributed by atoms with van der Waals surface area (Å²) in [5.41, 5.74) is 0.130. The molecule has 2 fully saturated rings. The maximum Gasteiger partial charge on any atom is 0.417 e. The zero-order chi connectivity index (χ0) is 32.8. The lowest BCUT2D eigenvalue weighted by Crippen LogP contribution is -2.50. The van der Waals surface area contributed by atoms with E-state index < -0.39 is 51.7 Å². The van der Waals surface area contributed by atoms with Gasteiger partial charge in [0.25, 0.3) is 11.5 Å². The van der Waals surface area contributed by atoms with Gasteiger partial charge in [-0.2, -0.15) is 13.2 Å². The summed E-state index contributed by atoms with van der Waals surface area (Å²) in [6, 6.07) is 1.16. The third kappa shape index (κ3) is 6.36. The fraction of sp³-hybridized carbons (Fsp3) is 0.467. The summed E-state index contributed by atoms with van der Waals surface area (Å²) < 4.78 is 80.0. The average Bonchev–Trinajstić information content (AvgIpc) is 2.98. The van der Waals surface area contributed by atoms with Gasteiger partial charge in [0.1, 0.15) is 11.5 Å². The highest BCUT2D eigenvalue weighted by Gasteiger charge is 2.37. The number of nitrogens with two attached hydrogens (primary N) is 1. The van der Waals surface area contributed by atoms with Crippen LogP contribution in [0, 0.1) is 17.6 Å². The van der Waals surface area contributed by atoms with E-state index in [-0.39, 0.29) is 35.4 Å². The summed E-state index contributed by atoms with van der Waals surface area (Å²) in [4.78, 5) is 39.5. The lowest BCUT2D eigenvalue weighted by molar-refractivity contribution is -0.138. The second kappa shape index (κ2) is 12.4. The van der Waals surface area contributed by atoms with Gasteiger partial charge in [0, 0.05) is 75.1 Å². The molecule has 242 valence electrons. The zero-order valence-electron chi connectivity index (χ0n) is 25.2. The van der Waals surface area contributed by atoms with Gasteiger partial charge in [-0.05, 0) is 19.9 Å². The van der Waals surface area contributed by atoms with Gasteiger partial charge in [0.15, 0.2) is 5.82 Å². The van der Waals surface area contributed by atoms with Crippen molar-refractivity contribution < 1.29 is 31.5 Å². The molecule has 2 saturated heterocycles. The number of hydrogen-bond donors (Lipinski definition) is 1. The Labute approximate surface area is 256 Å². The minimum Gasteiger partial charge on any atom is -0.374 e. The number of benzene rings is 1. The summed E-state index contributed by atoms with van der Waals surface area (Å²) in [6.07, 6.45) is -2.08. The fourth-order valence-corrected chi connectivity index (χ4v) is 5.61. The van der Waals surface area contributed by atoms with E-state index in [1.165, 1.54) is 12.4 Å². The number of ether oxygens (including phenoxy) is 1. The van der Waals surface area contributed by atoms with E-state index in [9.17, 15) is 22.8 Å². The molecule has 1 amide bonds. The number of carbonyl (C=O) groups is 1. The summed E-state index contributed by atoms with van der Waals surface area (Å²) in [7, 11) is 1.89. The van der Waals surface area contributed by atoms with E-state index in [1.54, 1.807) is 4.90 Å². The Bertz CT molecular complexity index is 1640. The molecule has 15 heteroatoms. The van der Waals surface area contributed by atoms with Crippen molar-refractivity contribution in [3.63, 3.8) is 0 Å². The largest absolute Gasteiger partial charge is 0.417 e. The first-order valence-electron chi connectivity index (χ1n) is 14.5. The van der Waals surface area contributed by atoms with Crippen molar-refractivity contribution in [2.75, 3.05) is 56.2 Å². The van der Waals surface area contributed by atoms with Crippen LogP contribution in [0.25, 0.3) is 16.8 Å². The van der Waals surface area contributed by atoms with Gasteiger partial charge in [0.2, 0.25) is 5.95 Å². The third-order valence-corrected chi connectivity index (χ3v) is 8.38.